The molecule has 0 saturated heterocycles. The molecule has 2 rings (SSSR count). The highest BCUT2D eigenvalue weighted by Crippen LogP contribution is 2.22. The Hall–Kier alpha value is -2.32. The molecule has 0 unspecified atom stereocenters. The largest absolute Gasteiger partial charge is 0.351 e. The number of anilines is 1. The van der Waals surface area contributed by atoms with Crippen LogP contribution in [0, 0.1) is 0 Å². The van der Waals surface area contributed by atoms with Crippen LogP contribution in [-0.2, 0) is 0 Å². The average molecular weight is 361 g/mol. The van der Waals surface area contributed by atoms with E-state index in [9.17, 15) is 9.59 Å². The first kappa shape index (κ1) is 19.0. The van der Waals surface area contributed by atoms with Gasteiger partial charge in [-0.3, -0.25) is 14.6 Å². The summed E-state index contributed by atoms with van der Waals surface area (Å²) < 4.78 is 0. The van der Waals surface area contributed by atoms with Crippen molar-refractivity contribution in [2.75, 3.05) is 31.5 Å². The summed E-state index contributed by atoms with van der Waals surface area (Å²) in [5.74, 6) is -0.564. The Morgan fingerprint density at radius 3 is 2.68 bits per heavy atom. The standard InChI is InChI=1S/C17H23N5O2S/c1-3-22(4-2)10-5-7-20-17(24)15-13(6-11-25-15)21-16(23)14-12-18-8-9-19-14/h6,8-9,11-12H,3-5,7,10H2,1-2H3,(H,20,24)(H,21,23). The van der Waals surface area contributed by atoms with Crippen LogP contribution in [0.25, 0.3) is 0 Å². The summed E-state index contributed by atoms with van der Waals surface area (Å²) in [6.45, 7) is 7.82. The maximum Gasteiger partial charge on any atom is 0.275 e. The summed E-state index contributed by atoms with van der Waals surface area (Å²) >= 11 is 1.29. The van der Waals surface area contributed by atoms with Crippen molar-refractivity contribution in [1.82, 2.24) is 20.2 Å². The highest BCUT2D eigenvalue weighted by atomic mass is 32.1. The third kappa shape index (κ3) is 5.61. The fourth-order valence-corrected chi connectivity index (χ4v) is 3.08. The van der Waals surface area contributed by atoms with Crippen LogP contribution in [0.1, 0.15) is 40.4 Å². The monoisotopic (exact) mass is 361 g/mol. The van der Waals surface area contributed by atoms with E-state index in [-0.39, 0.29) is 17.5 Å². The molecule has 0 saturated carbocycles. The Balaban J connectivity index is 1.87. The van der Waals surface area contributed by atoms with Crippen LogP contribution in [0.3, 0.4) is 0 Å². The van der Waals surface area contributed by atoms with Gasteiger partial charge in [0.25, 0.3) is 11.8 Å². The summed E-state index contributed by atoms with van der Waals surface area (Å²) in [6, 6.07) is 1.71. The molecule has 8 heteroatoms. The van der Waals surface area contributed by atoms with Gasteiger partial charge < -0.3 is 15.5 Å². The van der Waals surface area contributed by atoms with E-state index in [1.165, 1.54) is 29.9 Å². The second-order valence-electron chi connectivity index (χ2n) is 5.34. The molecule has 134 valence electrons. The van der Waals surface area contributed by atoms with Gasteiger partial charge in [-0.2, -0.15) is 0 Å². The van der Waals surface area contributed by atoms with Gasteiger partial charge in [-0.1, -0.05) is 13.8 Å². The van der Waals surface area contributed by atoms with E-state index in [0.717, 1.165) is 26.1 Å². The highest BCUT2D eigenvalue weighted by Gasteiger charge is 2.16. The van der Waals surface area contributed by atoms with E-state index >= 15 is 0 Å². The van der Waals surface area contributed by atoms with Crippen molar-refractivity contribution < 1.29 is 9.59 Å². The second-order valence-corrected chi connectivity index (χ2v) is 6.26. The van der Waals surface area contributed by atoms with Gasteiger partial charge in [-0.05, 0) is 37.5 Å². The molecular weight excluding hydrogens is 338 g/mol. The highest BCUT2D eigenvalue weighted by molar-refractivity contribution is 7.12. The number of amides is 2. The van der Waals surface area contributed by atoms with Gasteiger partial charge in [0.05, 0.1) is 11.9 Å². The fraction of sp³-hybridized carbons (Fsp3) is 0.412. The van der Waals surface area contributed by atoms with Crippen molar-refractivity contribution in [3.05, 3.63) is 40.6 Å². The van der Waals surface area contributed by atoms with Crippen LogP contribution in [-0.4, -0.2) is 52.9 Å². The molecule has 2 heterocycles. The van der Waals surface area contributed by atoms with Crippen molar-refractivity contribution in [2.45, 2.75) is 20.3 Å². The van der Waals surface area contributed by atoms with Crippen molar-refractivity contribution in [3.63, 3.8) is 0 Å². The van der Waals surface area contributed by atoms with Crippen LogP contribution in [0.15, 0.2) is 30.0 Å². The summed E-state index contributed by atoms with van der Waals surface area (Å²) in [4.78, 5) is 35.1. The number of nitrogens with zero attached hydrogens (tertiary/aromatic N) is 3. The average Bonchev–Trinajstić information content (AvgIpc) is 3.10. The first-order valence-electron chi connectivity index (χ1n) is 8.31. The van der Waals surface area contributed by atoms with Gasteiger partial charge in [-0.15, -0.1) is 11.3 Å². The van der Waals surface area contributed by atoms with Crippen LogP contribution in [0.2, 0.25) is 0 Å². The Kier molecular flexibility index (Phi) is 7.49. The maximum absolute atomic E-state index is 12.3. The van der Waals surface area contributed by atoms with Crippen molar-refractivity contribution >= 4 is 28.8 Å². The molecule has 2 N–H and O–H groups in total. The lowest BCUT2D eigenvalue weighted by Crippen LogP contribution is -2.30. The third-order valence-electron chi connectivity index (χ3n) is 3.75. The smallest absolute Gasteiger partial charge is 0.275 e. The molecule has 0 aliphatic rings. The van der Waals surface area contributed by atoms with Crippen LogP contribution in [0.4, 0.5) is 5.69 Å². The predicted octanol–water partition coefficient (Wildman–Crippen LogP) is 2.25. The Morgan fingerprint density at radius 1 is 1.20 bits per heavy atom. The van der Waals surface area contributed by atoms with Crippen LogP contribution >= 0.6 is 11.3 Å². The van der Waals surface area contributed by atoms with E-state index in [1.54, 1.807) is 11.4 Å². The molecule has 0 aliphatic carbocycles. The molecule has 7 nitrogen and oxygen atoms in total. The third-order valence-corrected chi connectivity index (χ3v) is 4.66. The number of rotatable bonds is 9. The van der Waals surface area contributed by atoms with E-state index in [4.69, 9.17) is 0 Å². The van der Waals surface area contributed by atoms with Gasteiger partial charge in [0.15, 0.2) is 0 Å². The SMILES string of the molecule is CCN(CC)CCCNC(=O)c1sccc1NC(=O)c1cnccn1. The number of carbonyl (C=O) groups excluding carboxylic acids is 2. The topological polar surface area (TPSA) is 87.2 Å². The molecule has 0 aromatic carbocycles. The van der Waals surface area contributed by atoms with E-state index in [1.807, 2.05) is 0 Å². The van der Waals surface area contributed by atoms with Crippen molar-refractivity contribution in [1.29, 1.82) is 0 Å². The molecule has 0 atom stereocenters. The van der Waals surface area contributed by atoms with Gasteiger partial charge in [0.1, 0.15) is 10.6 Å². The number of hydrogen-bond acceptors (Lipinski definition) is 6. The summed E-state index contributed by atoms with van der Waals surface area (Å²) in [6.07, 6.45) is 5.22. The molecule has 2 amide bonds. The first-order valence-corrected chi connectivity index (χ1v) is 9.19. The lowest BCUT2D eigenvalue weighted by atomic mass is 10.3. The molecule has 0 radical (unpaired) electrons. The summed E-state index contributed by atoms with van der Waals surface area (Å²) in [5, 5.41) is 7.40. The summed E-state index contributed by atoms with van der Waals surface area (Å²) in [7, 11) is 0. The minimum absolute atomic E-state index is 0.177. The molecular formula is C17H23N5O2S. The van der Waals surface area contributed by atoms with Gasteiger partial charge in [-0.25, -0.2) is 4.98 Å². The normalized spacial score (nSPS) is 10.7. The molecule has 2 aromatic rings. The lowest BCUT2D eigenvalue weighted by molar-refractivity contribution is 0.0956. The van der Waals surface area contributed by atoms with Crippen LogP contribution in [0.5, 0.6) is 0 Å². The molecule has 0 spiro atoms. The van der Waals surface area contributed by atoms with E-state index in [2.05, 4.69) is 39.3 Å². The van der Waals surface area contributed by atoms with E-state index < -0.39 is 0 Å². The zero-order valence-corrected chi connectivity index (χ0v) is 15.3. The Bertz CT molecular complexity index is 685. The minimum atomic E-state index is -0.387. The number of carbonyl (C=O) groups is 2. The van der Waals surface area contributed by atoms with Crippen molar-refractivity contribution in [2.24, 2.45) is 0 Å². The molecule has 0 bridgehead atoms. The first-order chi connectivity index (χ1) is 12.2. The van der Waals surface area contributed by atoms with Gasteiger partial charge in [0, 0.05) is 18.9 Å². The fourth-order valence-electron chi connectivity index (χ4n) is 2.31. The van der Waals surface area contributed by atoms with Gasteiger partial charge >= 0.3 is 0 Å². The van der Waals surface area contributed by atoms with E-state index in [0.29, 0.717) is 17.1 Å². The molecule has 25 heavy (non-hydrogen) atoms. The summed E-state index contributed by atoms with van der Waals surface area (Å²) in [5.41, 5.74) is 0.696. The maximum atomic E-state index is 12.3. The molecule has 2 aromatic heterocycles. The molecule has 0 fully saturated rings. The second kappa shape index (κ2) is 9.85. The quantitative estimate of drug-likeness (QED) is 0.669. The predicted molar refractivity (Wildman–Crippen MR) is 99.0 cm³/mol. The Morgan fingerprint density at radius 2 is 2.00 bits per heavy atom. The number of nitrogens with one attached hydrogen (secondary N) is 2. The minimum Gasteiger partial charge on any atom is -0.351 e. The zero-order valence-electron chi connectivity index (χ0n) is 14.5. The number of aromatic nitrogens is 2. The number of hydrogen-bond donors (Lipinski definition) is 2. The molecule has 0 aliphatic heterocycles. The lowest BCUT2D eigenvalue weighted by Gasteiger charge is -2.17. The zero-order chi connectivity index (χ0) is 18.1. The Labute approximate surface area is 151 Å². The number of thiophene rings is 1. The van der Waals surface area contributed by atoms with Crippen molar-refractivity contribution in [3.8, 4) is 0 Å². The van der Waals surface area contributed by atoms with Gasteiger partial charge in [0.2, 0.25) is 0 Å². The van der Waals surface area contributed by atoms with Crippen LogP contribution < -0.4 is 10.6 Å².